The molecule has 0 aromatic carbocycles. The van der Waals surface area contributed by atoms with Gasteiger partial charge in [-0.3, -0.25) is 9.59 Å². The first-order chi connectivity index (χ1) is 14.1. The van der Waals surface area contributed by atoms with Crippen LogP contribution in [0.1, 0.15) is 81.4 Å². The first-order valence-corrected chi connectivity index (χ1v) is 11.4. The molecule has 0 spiro atoms. The molecule has 1 aromatic heterocycles. The average molecular weight is 403 g/mol. The predicted molar refractivity (Wildman–Crippen MR) is 109 cm³/mol. The van der Waals surface area contributed by atoms with E-state index in [4.69, 9.17) is 4.74 Å². The van der Waals surface area contributed by atoms with Crippen molar-refractivity contribution in [3.05, 3.63) is 18.0 Å². The molecular weight excluding hydrogens is 368 g/mol. The zero-order chi connectivity index (χ0) is 20.2. The molecule has 1 aromatic rings. The lowest BCUT2D eigenvalue weighted by Crippen LogP contribution is -2.46. The number of nitrogens with zero attached hydrogens (tertiary/aromatic N) is 3. The lowest BCUT2D eigenvalue weighted by Gasteiger charge is -2.33. The van der Waals surface area contributed by atoms with Crippen molar-refractivity contribution < 1.29 is 14.3 Å². The Kier molecular flexibility index (Phi) is 6.53. The fourth-order valence-electron chi connectivity index (χ4n) is 4.78. The SMILES string of the molecule is CC1CCC(NC(=O)C2CCN(C(=O)c3ccn(C4CCCCO4)n3)CC2)CC1. The monoisotopic (exact) mass is 402 g/mol. The molecular formula is C22H34N4O3. The van der Waals surface area contributed by atoms with Crippen LogP contribution >= 0.6 is 0 Å². The van der Waals surface area contributed by atoms with Gasteiger partial charge in [0.2, 0.25) is 5.91 Å². The van der Waals surface area contributed by atoms with Gasteiger partial charge in [0.15, 0.2) is 0 Å². The zero-order valence-corrected chi connectivity index (χ0v) is 17.5. The fourth-order valence-corrected chi connectivity index (χ4v) is 4.78. The second-order valence-electron chi connectivity index (χ2n) is 9.03. The molecule has 160 valence electrons. The second-order valence-corrected chi connectivity index (χ2v) is 9.03. The summed E-state index contributed by atoms with van der Waals surface area (Å²) < 4.78 is 7.52. The highest BCUT2D eigenvalue weighted by molar-refractivity contribution is 5.92. The third-order valence-electron chi connectivity index (χ3n) is 6.79. The molecule has 3 heterocycles. The highest BCUT2D eigenvalue weighted by atomic mass is 16.5. The second kappa shape index (κ2) is 9.28. The molecule has 2 amide bonds. The lowest BCUT2D eigenvalue weighted by atomic mass is 9.86. The van der Waals surface area contributed by atoms with Gasteiger partial charge in [0.1, 0.15) is 11.9 Å². The summed E-state index contributed by atoms with van der Waals surface area (Å²) in [7, 11) is 0. The van der Waals surface area contributed by atoms with E-state index in [1.54, 1.807) is 10.7 Å². The van der Waals surface area contributed by atoms with Crippen molar-refractivity contribution in [2.75, 3.05) is 19.7 Å². The topological polar surface area (TPSA) is 76.5 Å². The normalized spacial score (nSPS) is 28.9. The Balaban J connectivity index is 1.25. The number of aromatic nitrogens is 2. The first-order valence-electron chi connectivity index (χ1n) is 11.4. The van der Waals surface area contributed by atoms with Crippen molar-refractivity contribution >= 4 is 11.8 Å². The van der Waals surface area contributed by atoms with Crippen LogP contribution in [0.5, 0.6) is 0 Å². The Morgan fingerprint density at radius 2 is 1.83 bits per heavy atom. The Bertz CT molecular complexity index is 697. The molecule has 1 unspecified atom stereocenters. The Morgan fingerprint density at radius 3 is 2.52 bits per heavy atom. The molecule has 1 atom stereocenters. The number of hydrogen-bond acceptors (Lipinski definition) is 4. The largest absolute Gasteiger partial charge is 0.357 e. The van der Waals surface area contributed by atoms with Crippen molar-refractivity contribution in [2.24, 2.45) is 11.8 Å². The number of rotatable bonds is 4. The number of ether oxygens (including phenoxy) is 1. The van der Waals surface area contributed by atoms with Gasteiger partial charge in [-0.2, -0.15) is 5.10 Å². The van der Waals surface area contributed by atoms with Crippen molar-refractivity contribution in [2.45, 2.75) is 77.0 Å². The first kappa shape index (κ1) is 20.4. The number of hydrogen-bond donors (Lipinski definition) is 1. The summed E-state index contributed by atoms with van der Waals surface area (Å²) in [6.07, 6.45) is 11.0. The molecule has 4 rings (SSSR count). The third kappa shape index (κ3) is 5.00. The minimum absolute atomic E-state index is 0.0200. The molecule has 29 heavy (non-hydrogen) atoms. The number of nitrogens with one attached hydrogen (secondary N) is 1. The molecule has 1 aliphatic carbocycles. The van der Waals surface area contributed by atoms with Gasteiger partial charge in [0.25, 0.3) is 5.91 Å². The van der Waals surface area contributed by atoms with E-state index in [2.05, 4.69) is 17.3 Å². The summed E-state index contributed by atoms with van der Waals surface area (Å²) in [6.45, 7) is 4.27. The zero-order valence-electron chi connectivity index (χ0n) is 17.5. The minimum atomic E-state index is -0.0532. The van der Waals surface area contributed by atoms with Crippen LogP contribution in [-0.4, -0.2) is 52.2 Å². The maximum absolute atomic E-state index is 12.8. The van der Waals surface area contributed by atoms with E-state index in [0.717, 1.165) is 57.5 Å². The van der Waals surface area contributed by atoms with E-state index < -0.39 is 0 Å². The molecule has 7 nitrogen and oxygen atoms in total. The summed E-state index contributed by atoms with van der Waals surface area (Å²) in [4.78, 5) is 27.3. The van der Waals surface area contributed by atoms with Crippen LogP contribution in [0.4, 0.5) is 0 Å². The maximum atomic E-state index is 12.8. The Labute approximate surface area is 173 Å². The highest BCUT2D eigenvalue weighted by Crippen LogP contribution is 2.25. The Hall–Kier alpha value is -1.89. The van der Waals surface area contributed by atoms with Crippen molar-refractivity contribution in [3.8, 4) is 0 Å². The Morgan fingerprint density at radius 1 is 1.07 bits per heavy atom. The molecule has 7 heteroatoms. The van der Waals surface area contributed by atoms with Crippen LogP contribution in [0.2, 0.25) is 0 Å². The smallest absolute Gasteiger partial charge is 0.274 e. The average Bonchev–Trinajstić information content (AvgIpc) is 3.26. The lowest BCUT2D eigenvalue weighted by molar-refractivity contribution is -0.127. The van der Waals surface area contributed by atoms with E-state index in [1.165, 1.54) is 12.8 Å². The number of amides is 2. The van der Waals surface area contributed by atoms with Gasteiger partial charge >= 0.3 is 0 Å². The quantitative estimate of drug-likeness (QED) is 0.839. The molecule has 1 N–H and O–H groups in total. The summed E-state index contributed by atoms with van der Waals surface area (Å²) >= 11 is 0. The van der Waals surface area contributed by atoms with E-state index in [9.17, 15) is 9.59 Å². The van der Waals surface area contributed by atoms with Crippen molar-refractivity contribution in [1.29, 1.82) is 0 Å². The van der Waals surface area contributed by atoms with Gasteiger partial charge < -0.3 is 15.0 Å². The van der Waals surface area contributed by atoms with E-state index in [-0.39, 0.29) is 24.0 Å². The van der Waals surface area contributed by atoms with Crippen LogP contribution in [0.15, 0.2) is 12.3 Å². The number of carbonyl (C=O) groups excluding carboxylic acids is 2. The number of likely N-dealkylation sites (tertiary alicyclic amines) is 1. The summed E-state index contributed by atoms with van der Waals surface area (Å²) in [5.74, 6) is 0.937. The maximum Gasteiger partial charge on any atom is 0.274 e. The molecule has 2 saturated heterocycles. The summed E-state index contributed by atoms with van der Waals surface area (Å²) in [5.41, 5.74) is 0.471. The van der Waals surface area contributed by atoms with Crippen LogP contribution in [0.25, 0.3) is 0 Å². The minimum Gasteiger partial charge on any atom is -0.357 e. The van der Waals surface area contributed by atoms with Gasteiger partial charge in [-0.15, -0.1) is 0 Å². The number of carbonyl (C=O) groups is 2. The molecule has 3 fully saturated rings. The summed E-state index contributed by atoms with van der Waals surface area (Å²) in [5, 5.41) is 7.72. The van der Waals surface area contributed by atoms with Crippen LogP contribution in [-0.2, 0) is 9.53 Å². The molecule has 0 radical (unpaired) electrons. The van der Waals surface area contributed by atoms with Gasteiger partial charge in [-0.05, 0) is 69.8 Å². The summed E-state index contributed by atoms with van der Waals surface area (Å²) in [6, 6.07) is 2.12. The predicted octanol–water partition coefficient (Wildman–Crippen LogP) is 3.13. The van der Waals surface area contributed by atoms with Crippen molar-refractivity contribution in [3.63, 3.8) is 0 Å². The fraction of sp³-hybridized carbons (Fsp3) is 0.773. The standard InChI is InChI=1S/C22H34N4O3/c1-16-5-7-18(8-6-16)23-21(27)17-9-12-25(13-10-17)22(28)19-11-14-26(24-19)20-4-2-3-15-29-20/h11,14,16-18,20H,2-10,12-13,15H2,1H3,(H,23,27). The highest BCUT2D eigenvalue weighted by Gasteiger charge is 2.30. The van der Waals surface area contributed by atoms with E-state index in [1.807, 2.05) is 11.1 Å². The van der Waals surface area contributed by atoms with Crippen LogP contribution < -0.4 is 5.32 Å². The van der Waals surface area contributed by atoms with Gasteiger partial charge in [0.05, 0.1) is 0 Å². The van der Waals surface area contributed by atoms with Gasteiger partial charge in [-0.1, -0.05) is 6.92 Å². The molecule has 0 bridgehead atoms. The van der Waals surface area contributed by atoms with Crippen LogP contribution in [0.3, 0.4) is 0 Å². The molecule has 1 saturated carbocycles. The molecule has 3 aliphatic rings. The van der Waals surface area contributed by atoms with Gasteiger partial charge in [-0.25, -0.2) is 4.68 Å². The van der Waals surface area contributed by atoms with E-state index in [0.29, 0.717) is 24.8 Å². The van der Waals surface area contributed by atoms with Crippen molar-refractivity contribution in [1.82, 2.24) is 20.0 Å². The van der Waals surface area contributed by atoms with Crippen LogP contribution in [0, 0.1) is 11.8 Å². The third-order valence-corrected chi connectivity index (χ3v) is 6.79. The number of piperidine rings is 1. The molecule has 2 aliphatic heterocycles. The van der Waals surface area contributed by atoms with Gasteiger partial charge in [0, 0.05) is 37.9 Å². The van der Waals surface area contributed by atoms with E-state index >= 15 is 0 Å².